The van der Waals surface area contributed by atoms with Crippen LogP contribution in [0.15, 0.2) is 30.3 Å². The predicted octanol–water partition coefficient (Wildman–Crippen LogP) is 2.61. The molecule has 1 aromatic carbocycles. The molecule has 1 heterocycles. The smallest absolute Gasteiger partial charge is 0.263 e. The molecule has 0 fully saturated rings. The first kappa shape index (κ1) is 16.6. The van der Waals surface area contributed by atoms with E-state index in [9.17, 15) is 4.79 Å². The minimum atomic E-state index is -0.266. The van der Waals surface area contributed by atoms with Gasteiger partial charge in [-0.15, -0.1) is 0 Å². The number of rotatable bonds is 4. The molecule has 0 atom stereocenters. The second kappa shape index (κ2) is 6.53. The van der Waals surface area contributed by atoms with Crippen LogP contribution in [0.5, 0.6) is 5.75 Å². The zero-order chi connectivity index (χ0) is 17.0. The fourth-order valence-corrected chi connectivity index (χ4v) is 1.90. The average molecular weight is 312 g/mol. The van der Waals surface area contributed by atoms with Crippen molar-refractivity contribution in [1.29, 1.82) is 5.26 Å². The van der Waals surface area contributed by atoms with E-state index in [0.717, 1.165) is 5.69 Å². The van der Waals surface area contributed by atoms with E-state index in [4.69, 9.17) is 10.00 Å². The van der Waals surface area contributed by atoms with Crippen LogP contribution in [0, 0.1) is 11.3 Å². The number of hydrogen-bond donors (Lipinski definition) is 1. The van der Waals surface area contributed by atoms with Gasteiger partial charge < -0.3 is 10.1 Å². The standard InChI is InChI=1S/C17H20N4O2/c1-17(2,3)14-9-15(21(4)20-14)19-16(22)11-23-13-7-5-12(10-18)6-8-13/h5-9H,11H2,1-4H3,(H,19,22). The molecular weight excluding hydrogens is 292 g/mol. The minimum absolute atomic E-state index is 0.0836. The molecule has 23 heavy (non-hydrogen) atoms. The third-order valence-corrected chi connectivity index (χ3v) is 3.27. The van der Waals surface area contributed by atoms with Gasteiger partial charge in [-0.25, -0.2) is 0 Å². The van der Waals surface area contributed by atoms with Crippen LogP contribution in [-0.2, 0) is 17.3 Å². The lowest BCUT2D eigenvalue weighted by atomic mass is 9.92. The van der Waals surface area contributed by atoms with Crippen LogP contribution in [0.3, 0.4) is 0 Å². The van der Waals surface area contributed by atoms with Crippen LogP contribution in [-0.4, -0.2) is 22.3 Å². The highest BCUT2D eigenvalue weighted by atomic mass is 16.5. The largest absolute Gasteiger partial charge is 0.484 e. The minimum Gasteiger partial charge on any atom is -0.484 e. The van der Waals surface area contributed by atoms with Crippen LogP contribution in [0.25, 0.3) is 0 Å². The van der Waals surface area contributed by atoms with Gasteiger partial charge in [-0.3, -0.25) is 9.48 Å². The van der Waals surface area contributed by atoms with Crippen LogP contribution < -0.4 is 10.1 Å². The molecule has 0 spiro atoms. The van der Waals surface area contributed by atoms with Crippen molar-refractivity contribution in [3.8, 4) is 11.8 Å². The topological polar surface area (TPSA) is 79.9 Å². The predicted molar refractivity (Wildman–Crippen MR) is 87.2 cm³/mol. The summed E-state index contributed by atoms with van der Waals surface area (Å²) in [5.41, 5.74) is 1.37. The van der Waals surface area contributed by atoms with Crippen LogP contribution in [0.1, 0.15) is 32.0 Å². The maximum atomic E-state index is 12.0. The van der Waals surface area contributed by atoms with Gasteiger partial charge in [0.15, 0.2) is 6.61 Å². The first-order valence-corrected chi connectivity index (χ1v) is 7.27. The Morgan fingerprint density at radius 3 is 2.52 bits per heavy atom. The molecule has 1 aromatic heterocycles. The quantitative estimate of drug-likeness (QED) is 0.941. The molecule has 2 rings (SSSR count). The van der Waals surface area contributed by atoms with E-state index in [0.29, 0.717) is 17.1 Å². The highest BCUT2D eigenvalue weighted by molar-refractivity contribution is 5.91. The van der Waals surface area contributed by atoms with E-state index >= 15 is 0 Å². The van der Waals surface area contributed by atoms with Crippen molar-refractivity contribution in [2.75, 3.05) is 11.9 Å². The molecule has 0 saturated carbocycles. The van der Waals surface area contributed by atoms with Gasteiger partial charge in [0, 0.05) is 18.5 Å². The summed E-state index contributed by atoms with van der Waals surface area (Å²) in [7, 11) is 1.78. The normalized spacial score (nSPS) is 10.9. The van der Waals surface area contributed by atoms with Gasteiger partial charge in [-0.1, -0.05) is 20.8 Å². The van der Waals surface area contributed by atoms with Gasteiger partial charge in [0.25, 0.3) is 5.91 Å². The number of amides is 1. The first-order chi connectivity index (χ1) is 10.8. The van der Waals surface area contributed by atoms with Crippen molar-refractivity contribution in [1.82, 2.24) is 9.78 Å². The number of anilines is 1. The van der Waals surface area contributed by atoms with Gasteiger partial charge in [0.05, 0.1) is 17.3 Å². The average Bonchev–Trinajstić information content (AvgIpc) is 2.87. The van der Waals surface area contributed by atoms with Crippen molar-refractivity contribution in [2.24, 2.45) is 7.05 Å². The number of carbonyl (C=O) groups excluding carboxylic acids is 1. The molecule has 0 radical (unpaired) electrons. The van der Waals surface area contributed by atoms with E-state index in [1.807, 2.05) is 12.1 Å². The Hall–Kier alpha value is -2.81. The van der Waals surface area contributed by atoms with E-state index in [1.54, 1.807) is 36.0 Å². The highest BCUT2D eigenvalue weighted by Crippen LogP contribution is 2.23. The summed E-state index contributed by atoms with van der Waals surface area (Å²) < 4.78 is 7.04. The summed E-state index contributed by atoms with van der Waals surface area (Å²) in [5.74, 6) is 0.903. The van der Waals surface area contributed by atoms with Crippen molar-refractivity contribution in [2.45, 2.75) is 26.2 Å². The number of aromatic nitrogens is 2. The lowest BCUT2D eigenvalue weighted by Gasteiger charge is -2.13. The number of aryl methyl sites for hydroxylation is 1. The third kappa shape index (κ3) is 4.33. The van der Waals surface area contributed by atoms with E-state index in [-0.39, 0.29) is 17.9 Å². The van der Waals surface area contributed by atoms with Gasteiger partial charge in [-0.05, 0) is 24.3 Å². The molecule has 6 heteroatoms. The van der Waals surface area contributed by atoms with Crippen molar-refractivity contribution in [3.05, 3.63) is 41.6 Å². The second-order valence-electron chi connectivity index (χ2n) is 6.26. The van der Waals surface area contributed by atoms with Crippen LogP contribution >= 0.6 is 0 Å². The van der Waals surface area contributed by atoms with Gasteiger partial charge in [0.1, 0.15) is 11.6 Å². The van der Waals surface area contributed by atoms with Crippen molar-refractivity contribution < 1.29 is 9.53 Å². The fraction of sp³-hybridized carbons (Fsp3) is 0.353. The highest BCUT2D eigenvalue weighted by Gasteiger charge is 2.19. The zero-order valence-electron chi connectivity index (χ0n) is 13.8. The molecule has 0 aliphatic carbocycles. The van der Waals surface area contributed by atoms with Gasteiger partial charge >= 0.3 is 0 Å². The summed E-state index contributed by atoms with van der Waals surface area (Å²) in [6, 6.07) is 10.5. The molecule has 120 valence electrons. The van der Waals surface area contributed by atoms with E-state index < -0.39 is 0 Å². The van der Waals surface area contributed by atoms with Gasteiger partial charge in [-0.2, -0.15) is 10.4 Å². The number of nitriles is 1. The second-order valence-corrected chi connectivity index (χ2v) is 6.26. The summed E-state index contributed by atoms with van der Waals surface area (Å²) in [5, 5.41) is 15.9. The fourth-order valence-electron chi connectivity index (χ4n) is 1.90. The number of benzene rings is 1. The lowest BCUT2D eigenvalue weighted by Crippen LogP contribution is -2.21. The molecule has 0 bridgehead atoms. The molecule has 0 aliphatic heterocycles. The van der Waals surface area contributed by atoms with E-state index in [1.165, 1.54) is 0 Å². The summed E-state index contributed by atoms with van der Waals surface area (Å²) in [6.45, 7) is 6.08. The number of hydrogen-bond acceptors (Lipinski definition) is 4. The number of nitrogens with zero attached hydrogens (tertiary/aromatic N) is 3. The molecular formula is C17H20N4O2. The molecule has 0 unspecified atom stereocenters. The Balaban J connectivity index is 1.94. The summed E-state index contributed by atoms with van der Waals surface area (Å²) in [6.07, 6.45) is 0. The Labute approximate surface area is 135 Å². The molecule has 0 saturated heterocycles. The molecule has 2 aromatic rings. The lowest BCUT2D eigenvalue weighted by molar-refractivity contribution is -0.118. The zero-order valence-corrected chi connectivity index (χ0v) is 13.8. The molecule has 1 N–H and O–H groups in total. The monoisotopic (exact) mass is 312 g/mol. The first-order valence-electron chi connectivity index (χ1n) is 7.27. The third-order valence-electron chi connectivity index (χ3n) is 3.27. The molecule has 6 nitrogen and oxygen atoms in total. The Morgan fingerprint density at radius 1 is 1.35 bits per heavy atom. The Bertz CT molecular complexity index is 733. The number of ether oxygens (including phenoxy) is 1. The summed E-state index contributed by atoms with van der Waals surface area (Å²) in [4.78, 5) is 12.0. The molecule has 1 amide bonds. The molecule has 0 aliphatic rings. The van der Waals surface area contributed by atoms with Gasteiger partial charge in [0.2, 0.25) is 0 Å². The Morgan fingerprint density at radius 2 is 2.00 bits per heavy atom. The van der Waals surface area contributed by atoms with E-state index in [2.05, 4.69) is 31.2 Å². The Kier molecular flexibility index (Phi) is 4.70. The SMILES string of the molecule is Cn1nc(C(C)(C)C)cc1NC(=O)COc1ccc(C#N)cc1. The van der Waals surface area contributed by atoms with Crippen molar-refractivity contribution >= 4 is 11.7 Å². The van der Waals surface area contributed by atoms with Crippen LogP contribution in [0.2, 0.25) is 0 Å². The number of carbonyl (C=O) groups is 1. The maximum Gasteiger partial charge on any atom is 0.263 e. The maximum absolute atomic E-state index is 12.0. The summed E-state index contributed by atoms with van der Waals surface area (Å²) >= 11 is 0. The number of nitrogens with one attached hydrogen (secondary N) is 1. The van der Waals surface area contributed by atoms with Crippen molar-refractivity contribution in [3.63, 3.8) is 0 Å². The van der Waals surface area contributed by atoms with Crippen LogP contribution in [0.4, 0.5) is 5.82 Å².